The van der Waals surface area contributed by atoms with E-state index < -0.39 is 17.6 Å². The van der Waals surface area contributed by atoms with E-state index in [0.29, 0.717) is 0 Å². The molecule has 0 spiro atoms. The minimum absolute atomic E-state index is 0.0451. The van der Waals surface area contributed by atoms with Gasteiger partial charge in [-0.15, -0.1) is 5.06 Å². The molecular formula is C7H11F2NO3. The van der Waals surface area contributed by atoms with Gasteiger partial charge in [0.05, 0.1) is 12.5 Å². The zero-order valence-electron chi connectivity index (χ0n) is 7.63. The van der Waals surface area contributed by atoms with Crippen molar-refractivity contribution in [2.75, 3.05) is 13.7 Å². The highest BCUT2D eigenvalue weighted by Crippen LogP contribution is 2.42. The Hall–Kier alpha value is -0.910. The lowest BCUT2D eigenvalue weighted by molar-refractivity contribution is -0.343. The Balaban J connectivity index is 2.98. The average Bonchev–Trinajstić information content (AvgIpc) is 1.99. The van der Waals surface area contributed by atoms with Crippen LogP contribution in [0.4, 0.5) is 13.6 Å². The van der Waals surface area contributed by atoms with Crippen molar-refractivity contribution in [3.05, 3.63) is 0 Å². The number of nitrogens with zero attached hydrogens (tertiary/aromatic N) is 1. The Morgan fingerprint density at radius 2 is 2.08 bits per heavy atom. The first-order chi connectivity index (χ1) is 5.83. The van der Waals surface area contributed by atoms with Crippen molar-refractivity contribution in [3.63, 3.8) is 0 Å². The summed E-state index contributed by atoms with van der Waals surface area (Å²) in [6, 6.07) is -3.35. The minimum Gasteiger partial charge on any atom is -0.447 e. The molecule has 0 aromatic heterocycles. The molecule has 0 radical (unpaired) electrons. The van der Waals surface area contributed by atoms with E-state index in [-0.39, 0.29) is 11.7 Å². The number of hydrogen-bond donors (Lipinski definition) is 0. The molecule has 0 unspecified atom stereocenters. The van der Waals surface area contributed by atoms with Crippen molar-refractivity contribution in [2.45, 2.75) is 19.9 Å². The predicted octanol–water partition coefficient (Wildman–Crippen LogP) is 1.62. The van der Waals surface area contributed by atoms with E-state index >= 15 is 0 Å². The number of alkyl halides is 2. The first kappa shape index (κ1) is 10.2. The molecule has 1 amide bonds. The minimum atomic E-state index is -3.35. The van der Waals surface area contributed by atoms with Crippen LogP contribution in [0.1, 0.15) is 13.8 Å². The van der Waals surface area contributed by atoms with Gasteiger partial charge in [0.2, 0.25) is 0 Å². The Kier molecular flexibility index (Phi) is 2.19. The van der Waals surface area contributed by atoms with Gasteiger partial charge < -0.3 is 4.74 Å². The summed E-state index contributed by atoms with van der Waals surface area (Å²) in [4.78, 5) is 15.1. The maximum atomic E-state index is 13.4. The van der Waals surface area contributed by atoms with Gasteiger partial charge in [-0.1, -0.05) is 0 Å². The fourth-order valence-corrected chi connectivity index (χ4v) is 0.966. The summed E-state index contributed by atoms with van der Waals surface area (Å²) < 4.78 is 31.3. The smallest absolute Gasteiger partial charge is 0.439 e. The maximum Gasteiger partial charge on any atom is 0.439 e. The van der Waals surface area contributed by atoms with Crippen LogP contribution in [0.15, 0.2) is 0 Å². The van der Waals surface area contributed by atoms with E-state index in [4.69, 9.17) is 0 Å². The lowest BCUT2D eigenvalue weighted by Crippen LogP contribution is -2.60. The summed E-state index contributed by atoms with van der Waals surface area (Å²) in [5.74, 6) is 0. The van der Waals surface area contributed by atoms with Crippen LogP contribution in [0.25, 0.3) is 0 Å². The van der Waals surface area contributed by atoms with Gasteiger partial charge in [0.25, 0.3) is 0 Å². The summed E-state index contributed by atoms with van der Waals surface area (Å²) in [7, 11) is 0.997. The molecule has 0 aromatic carbocycles. The van der Waals surface area contributed by atoms with Gasteiger partial charge in [-0.3, -0.25) is 4.84 Å². The highest BCUT2D eigenvalue weighted by molar-refractivity contribution is 5.68. The SMILES string of the molecule is CON1C(=O)OCC(C)(C)C1(F)F. The molecule has 1 aliphatic heterocycles. The Bertz CT molecular complexity index is 230. The van der Waals surface area contributed by atoms with E-state index in [1.165, 1.54) is 13.8 Å². The molecule has 1 fully saturated rings. The van der Waals surface area contributed by atoms with Crippen molar-refractivity contribution in [1.82, 2.24) is 5.06 Å². The number of cyclic esters (lactones) is 1. The number of halogens is 2. The first-order valence-corrected chi connectivity index (χ1v) is 3.72. The maximum absolute atomic E-state index is 13.4. The summed E-state index contributed by atoms with van der Waals surface area (Å²) in [6.07, 6.45) is -1.16. The third kappa shape index (κ3) is 1.35. The lowest BCUT2D eigenvalue weighted by Gasteiger charge is -2.42. The molecule has 1 saturated heterocycles. The Labute approximate surface area is 74.4 Å². The monoisotopic (exact) mass is 195 g/mol. The molecule has 0 atom stereocenters. The second-order valence-electron chi connectivity index (χ2n) is 3.46. The summed E-state index contributed by atoms with van der Waals surface area (Å²) in [5, 5.41) is -0.0451. The number of amides is 1. The Morgan fingerprint density at radius 3 is 2.46 bits per heavy atom. The second-order valence-corrected chi connectivity index (χ2v) is 3.46. The topological polar surface area (TPSA) is 38.8 Å². The van der Waals surface area contributed by atoms with E-state index in [0.717, 1.165) is 7.11 Å². The van der Waals surface area contributed by atoms with Crippen LogP contribution in [0, 0.1) is 5.41 Å². The number of rotatable bonds is 1. The van der Waals surface area contributed by atoms with Gasteiger partial charge in [0.1, 0.15) is 6.61 Å². The molecule has 13 heavy (non-hydrogen) atoms. The van der Waals surface area contributed by atoms with Crippen LogP contribution in [0.3, 0.4) is 0 Å². The fraction of sp³-hybridized carbons (Fsp3) is 0.857. The summed E-state index contributed by atoms with van der Waals surface area (Å²) >= 11 is 0. The zero-order valence-corrected chi connectivity index (χ0v) is 7.63. The standard InChI is InChI=1S/C7H11F2NO3/c1-6(2)4-13-5(11)10(12-3)7(6,8)9/h4H2,1-3H3. The summed E-state index contributed by atoms with van der Waals surface area (Å²) in [5.41, 5.74) is -1.45. The first-order valence-electron chi connectivity index (χ1n) is 3.72. The van der Waals surface area contributed by atoms with Crippen LogP contribution in [0.5, 0.6) is 0 Å². The molecule has 0 aromatic rings. The fourth-order valence-electron chi connectivity index (χ4n) is 0.966. The summed E-state index contributed by atoms with van der Waals surface area (Å²) in [6.45, 7) is 2.27. The van der Waals surface area contributed by atoms with Crippen LogP contribution >= 0.6 is 0 Å². The molecule has 4 nitrogen and oxygen atoms in total. The van der Waals surface area contributed by atoms with E-state index in [1.807, 2.05) is 0 Å². The average molecular weight is 195 g/mol. The quantitative estimate of drug-likeness (QED) is 0.597. The largest absolute Gasteiger partial charge is 0.447 e. The number of hydroxylamine groups is 2. The number of ether oxygens (including phenoxy) is 1. The lowest BCUT2D eigenvalue weighted by atomic mass is 9.90. The second kappa shape index (κ2) is 2.80. The van der Waals surface area contributed by atoms with Gasteiger partial charge in [-0.25, -0.2) is 4.79 Å². The molecule has 1 rings (SSSR count). The highest BCUT2D eigenvalue weighted by atomic mass is 19.3. The van der Waals surface area contributed by atoms with E-state index in [9.17, 15) is 13.6 Å². The zero-order chi connectivity index (χ0) is 10.3. The third-order valence-electron chi connectivity index (χ3n) is 1.97. The normalized spacial score (nSPS) is 25.6. The van der Waals surface area contributed by atoms with Crippen LogP contribution in [-0.4, -0.2) is 30.9 Å². The van der Waals surface area contributed by atoms with Crippen molar-refractivity contribution >= 4 is 6.09 Å². The molecule has 1 heterocycles. The van der Waals surface area contributed by atoms with E-state index in [1.54, 1.807) is 0 Å². The number of carbonyl (C=O) groups is 1. The molecule has 0 N–H and O–H groups in total. The van der Waals surface area contributed by atoms with Gasteiger partial charge in [0.15, 0.2) is 0 Å². The van der Waals surface area contributed by atoms with E-state index in [2.05, 4.69) is 9.57 Å². The highest BCUT2D eigenvalue weighted by Gasteiger charge is 2.59. The molecule has 1 aliphatic rings. The molecule has 0 bridgehead atoms. The number of carbonyl (C=O) groups excluding carboxylic acids is 1. The molecule has 0 aliphatic carbocycles. The van der Waals surface area contributed by atoms with Gasteiger partial charge in [0, 0.05) is 0 Å². The van der Waals surface area contributed by atoms with Gasteiger partial charge in [-0.05, 0) is 13.8 Å². The molecule has 0 saturated carbocycles. The van der Waals surface area contributed by atoms with Crippen LogP contribution in [0.2, 0.25) is 0 Å². The van der Waals surface area contributed by atoms with Crippen LogP contribution in [-0.2, 0) is 9.57 Å². The molecule has 6 heteroatoms. The Morgan fingerprint density at radius 1 is 1.54 bits per heavy atom. The van der Waals surface area contributed by atoms with Crippen molar-refractivity contribution in [1.29, 1.82) is 0 Å². The van der Waals surface area contributed by atoms with Crippen molar-refractivity contribution < 1.29 is 23.1 Å². The molecular weight excluding hydrogens is 184 g/mol. The van der Waals surface area contributed by atoms with Gasteiger partial charge >= 0.3 is 12.1 Å². The number of hydrogen-bond acceptors (Lipinski definition) is 3. The van der Waals surface area contributed by atoms with Crippen molar-refractivity contribution in [2.24, 2.45) is 5.41 Å². The molecule has 76 valence electrons. The third-order valence-corrected chi connectivity index (χ3v) is 1.97. The van der Waals surface area contributed by atoms with Crippen molar-refractivity contribution in [3.8, 4) is 0 Å². The van der Waals surface area contributed by atoms with Crippen LogP contribution < -0.4 is 0 Å². The van der Waals surface area contributed by atoms with Gasteiger partial charge in [-0.2, -0.15) is 8.78 Å². The predicted molar refractivity (Wildman–Crippen MR) is 38.9 cm³/mol.